The van der Waals surface area contributed by atoms with Crippen LogP contribution in [0.3, 0.4) is 0 Å². The third kappa shape index (κ3) is 3.55. The lowest BCUT2D eigenvalue weighted by Gasteiger charge is -2.29. The molecular weight excluding hydrogens is 362 g/mol. The Labute approximate surface area is 163 Å². The highest BCUT2D eigenvalue weighted by Crippen LogP contribution is 2.30. The molecule has 4 rings (SSSR count). The molecule has 1 amide bonds. The van der Waals surface area contributed by atoms with E-state index in [9.17, 15) is 4.79 Å². The van der Waals surface area contributed by atoms with Crippen LogP contribution in [0.5, 0.6) is 0 Å². The van der Waals surface area contributed by atoms with E-state index in [1.807, 2.05) is 35.9 Å². The molecule has 3 heterocycles. The van der Waals surface area contributed by atoms with Gasteiger partial charge < -0.3 is 10.2 Å². The van der Waals surface area contributed by atoms with Gasteiger partial charge >= 0.3 is 0 Å². The quantitative estimate of drug-likeness (QED) is 0.744. The van der Waals surface area contributed by atoms with Gasteiger partial charge in [-0.2, -0.15) is 5.10 Å². The van der Waals surface area contributed by atoms with Gasteiger partial charge in [-0.1, -0.05) is 29.3 Å². The third-order valence-electron chi connectivity index (χ3n) is 5.15. The van der Waals surface area contributed by atoms with Crippen LogP contribution in [0.25, 0.3) is 11.0 Å². The summed E-state index contributed by atoms with van der Waals surface area (Å²) in [5.41, 5.74) is 2.95. The lowest BCUT2D eigenvalue weighted by molar-refractivity contribution is 0.102. The summed E-state index contributed by atoms with van der Waals surface area (Å²) in [5, 5.41) is 8.50. The molecule has 0 atom stereocenters. The van der Waals surface area contributed by atoms with Crippen molar-refractivity contribution < 1.29 is 4.79 Å². The minimum Gasteiger partial charge on any atom is -0.322 e. The van der Waals surface area contributed by atoms with Crippen molar-refractivity contribution in [3.63, 3.8) is 0 Å². The van der Waals surface area contributed by atoms with Crippen molar-refractivity contribution in [3.8, 4) is 0 Å². The summed E-state index contributed by atoms with van der Waals surface area (Å²) in [6.45, 7) is 4.08. The number of amides is 1. The van der Waals surface area contributed by atoms with Crippen LogP contribution in [0.1, 0.15) is 34.8 Å². The molecule has 1 aliphatic rings. The van der Waals surface area contributed by atoms with Crippen LogP contribution >= 0.6 is 11.6 Å². The van der Waals surface area contributed by atoms with E-state index in [1.165, 1.54) is 0 Å². The van der Waals surface area contributed by atoms with E-state index in [2.05, 4.69) is 27.3 Å². The van der Waals surface area contributed by atoms with Gasteiger partial charge in [0.25, 0.3) is 5.91 Å². The molecule has 1 N–H and O–H groups in total. The fraction of sp³-hybridized carbons (Fsp3) is 0.350. The molecule has 0 spiro atoms. The van der Waals surface area contributed by atoms with E-state index < -0.39 is 0 Å². The number of benzene rings is 1. The van der Waals surface area contributed by atoms with Crippen LogP contribution < -0.4 is 5.32 Å². The number of hydrogen-bond acceptors (Lipinski definition) is 4. The van der Waals surface area contributed by atoms with Gasteiger partial charge in [-0.25, -0.2) is 9.67 Å². The van der Waals surface area contributed by atoms with Crippen molar-refractivity contribution in [2.24, 2.45) is 0 Å². The molecule has 1 saturated heterocycles. The maximum Gasteiger partial charge on any atom is 0.258 e. The monoisotopic (exact) mass is 383 g/mol. The standard InChI is InChI=1S/C20H22ClN5O/c1-13-3-5-14(6-4-13)24-20(27)17-11-22-19-16(18(17)21)12-23-26(19)15-7-9-25(2)10-8-15/h3-6,11-12,15H,7-10H2,1-2H3,(H,24,27). The topological polar surface area (TPSA) is 63.1 Å². The number of likely N-dealkylation sites (tertiary alicyclic amines) is 1. The number of halogens is 1. The molecular formula is C20H22ClN5O. The van der Waals surface area contributed by atoms with Gasteiger partial charge in [0, 0.05) is 11.9 Å². The second kappa shape index (κ2) is 7.29. The van der Waals surface area contributed by atoms with Crippen molar-refractivity contribution in [2.45, 2.75) is 25.8 Å². The minimum absolute atomic E-state index is 0.273. The molecule has 7 heteroatoms. The number of piperidine rings is 1. The summed E-state index contributed by atoms with van der Waals surface area (Å²) < 4.78 is 1.95. The summed E-state index contributed by atoms with van der Waals surface area (Å²) in [4.78, 5) is 19.5. The van der Waals surface area contributed by atoms with E-state index in [4.69, 9.17) is 11.6 Å². The fourth-order valence-electron chi connectivity index (χ4n) is 3.47. The highest BCUT2D eigenvalue weighted by molar-refractivity contribution is 6.38. The smallest absolute Gasteiger partial charge is 0.258 e. The minimum atomic E-state index is -0.273. The second-order valence-electron chi connectivity index (χ2n) is 7.17. The number of pyridine rings is 1. The lowest BCUT2D eigenvalue weighted by Crippen LogP contribution is -2.31. The van der Waals surface area contributed by atoms with E-state index in [1.54, 1.807) is 12.4 Å². The van der Waals surface area contributed by atoms with Gasteiger partial charge in [0.2, 0.25) is 0 Å². The highest BCUT2D eigenvalue weighted by atomic mass is 35.5. The van der Waals surface area contributed by atoms with Crippen molar-refractivity contribution in [1.82, 2.24) is 19.7 Å². The van der Waals surface area contributed by atoms with Gasteiger partial charge in [-0.3, -0.25) is 4.79 Å². The second-order valence-corrected chi connectivity index (χ2v) is 7.54. The summed E-state index contributed by atoms with van der Waals surface area (Å²) in [5.74, 6) is -0.273. The van der Waals surface area contributed by atoms with Gasteiger partial charge in [-0.15, -0.1) is 0 Å². The first kappa shape index (κ1) is 17.9. The Morgan fingerprint density at radius 1 is 1.19 bits per heavy atom. The van der Waals surface area contributed by atoms with Crippen LogP contribution in [0.2, 0.25) is 5.02 Å². The number of carbonyl (C=O) groups is 1. The molecule has 140 valence electrons. The first-order valence-corrected chi connectivity index (χ1v) is 9.49. The molecule has 2 aromatic heterocycles. The predicted octanol–water partition coefficient (Wildman–Crippen LogP) is 3.91. The number of carbonyl (C=O) groups excluding carboxylic acids is 1. The predicted molar refractivity (Wildman–Crippen MR) is 107 cm³/mol. The number of aromatic nitrogens is 3. The summed E-state index contributed by atoms with van der Waals surface area (Å²) >= 11 is 6.54. The number of rotatable bonds is 3. The molecule has 27 heavy (non-hydrogen) atoms. The van der Waals surface area contributed by atoms with Gasteiger partial charge in [0.15, 0.2) is 5.65 Å². The fourth-order valence-corrected chi connectivity index (χ4v) is 3.74. The molecule has 6 nitrogen and oxygen atoms in total. The summed E-state index contributed by atoms with van der Waals surface area (Å²) in [7, 11) is 2.13. The normalized spacial score (nSPS) is 16.0. The van der Waals surface area contributed by atoms with Gasteiger partial charge in [0.05, 0.1) is 28.2 Å². The molecule has 1 aliphatic heterocycles. The Morgan fingerprint density at radius 2 is 1.89 bits per heavy atom. The summed E-state index contributed by atoms with van der Waals surface area (Å²) in [6.07, 6.45) is 5.32. The Kier molecular flexibility index (Phi) is 4.85. The number of anilines is 1. The molecule has 1 fully saturated rings. The van der Waals surface area contributed by atoms with Gasteiger partial charge in [-0.05, 0) is 52.0 Å². The van der Waals surface area contributed by atoms with Crippen molar-refractivity contribution in [1.29, 1.82) is 0 Å². The van der Waals surface area contributed by atoms with E-state index in [-0.39, 0.29) is 5.91 Å². The molecule has 0 saturated carbocycles. The van der Waals surface area contributed by atoms with Crippen LogP contribution in [0.4, 0.5) is 5.69 Å². The third-order valence-corrected chi connectivity index (χ3v) is 5.55. The molecule has 3 aromatic rings. The Bertz CT molecular complexity index is 974. The number of nitrogens with zero attached hydrogens (tertiary/aromatic N) is 4. The first-order valence-electron chi connectivity index (χ1n) is 9.11. The van der Waals surface area contributed by atoms with Crippen LogP contribution in [0.15, 0.2) is 36.7 Å². The summed E-state index contributed by atoms with van der Waals surface area (Å²) in [6, 6.07) is 7.94. The molecule has 1 aromatic carbocycles. The lowest BCUT2D eigenvalue weighted by atomic mass is 10.1. The Hall–Kier alpha value is -2.44. The average Bonchev–Trinajstić information content (AvgIpc) is 3.09. The number of nitrogens with one attached hydrogen (secondary N) is 1. The zero-order valence-electron chi connectivity index (χ0n) is 15.4. The van der Waals surface area contributed by atoms with E-state index in [0.717, 1.165) is 42.8 Å². The zero-order valence-corrected chi connectivity index (χ0v) is 16.2. The van der Waals surface area contributed by atoms with Crippen molar-refractivity contribution in [2.75, 3.05) is 25.5 Å². The van der Waals surface area contributed by atoms with E-state index >= 15 is 0 Å². The van der Waals surface area contributed by atoms with Crippen molar-refractivity contribution >= 4 is 34.2 Å². The molecule has 0 unspecified atom stereocenters. The van der Waals surface area contributed by atoms with Crippen LogP contribution in [-0.2, 0) is 0 Å². The van der Waals surface area contributed by atoms with E-state index in [0.29, 0.717) is 22.0 Å². The highest BCUT2D eigenvalue weighted by Gasteiger charge is 2.23. The molecule has 0 aliphatic carbocycles. The Balaban J connectivity index is 1.61. The molecule has 0 radical (unpaired) electrons. The SMILES string of the molecule is Cc1ccc(NC(=O)c2cnc3c(cnn3C3CCN(C)CC3)c2Cl)cc1. The van der Waals surface area contributed by atoms with Crippen LogP contribution in [-0.4, -0.2) is 45.7 Å². The first-order chi connectivity index (χ1) is 13.0. The number of aryl methyl sites for hydroxylation is 1. The number of hydrogen-bond donors (Lipinski definition) is 1. The molecule has 0 bridgehead atoms. The van der Waals surface area contributed by atoms with Gasteiger partial charge in [0.1, 0.15) is 0 Å². The Morgan fingerprint density at radius 3 is 2.59 bits per heavy atom. The largest absolute Gasteiger partial charge is 0.322 e. The van der Waals surface area contributed by atoms with Crippen LogP contribution in [0, 0.1) is 6.92 Å². The maximum atomic E-state index is 12.6. The number of fused-ring (bicyclic) bond motifs is 1. The maximum absolute atomic E-state index is 12.6. The van der Waals surface area contributed by atoms with Crippen molar-refractivity contribution in [3.05, 3.63) is 52.8 Å². The zero-order chi connectivity index (χ0) is 19.0. The average molecular weight is 384 g/mol.